The summed E-state index contributed by atoms with van der Waals surface area (Å²) in [5.41, 5.74) is 6.54. The SMILES string of the molecule is Cc1nn(-c2ccccc2)c(C)c1NC(=O)c1ccc(OCc2cscn2)cc1. The van der Waals surface area contributed by atoms with E-state index in [0.29, 0.717) is 17.9 Å². The standard InChI is InChI=1S/C22H20N4O2S/c1-15-21(16(2)26(25-15)19-6-4-3-5-7-19)24-22(27)17-8-10-20(11-9-17)28-12-18-13-29-14-23-18/h3-11,13-14H,12H2,1-2H3,(H,24,27). The Bertz CT molecular complexity index is 1100. The summed E-state index contributed by atoms with van der Waals surface area (Å²) in [6.07, 6.45) is 0. The van der Waals surface area contributed by atoms with Gasteiger partial charge in [0, 0.05) is 10.9 Å². The lowest BCUT2D eigenvalue weighted by molar-refractivity contribution is 0.102. The maximum atomic E-state index is 12.7. The second kappa shape index (κ2) is 8.28. The number of amides is 1. The minimum absolute atomic E-state index is 0.185. The van der Waals surface area contributed by atoms with E-state index < -0.39 is 0 Å². The van der Waals surface area contributed by atoms with Gasteiger partial charge in [-0.25, -0.2) is 9.67 Å². The summed E-state index contributed by atoms with van der Waals surface area (Å²) < 4.78 is 7.53. The Balaban J connectivity index is 1.46. The van der Waals surface area contributed by atoms with Gasteiger partial charge < -0.3 is 10.1 Å². The molecule has 0 atom stereocenters. The van der Waals surface area contributed by atoms with E-state index in [0.717, 1.165) is 28.5 Å². The Labute approximate surface area is 172 Å². The predicted octanol–water partition coefficient (Wildman–Crippen LogP) is 4.78. The van der Waals surface area contributed by atoms with E-state index >= 15 is 0 Å². The van der Waals surface area contributed by atoms with Crippen molar-refractivity contribution < 1.29 is 9.53 Å². The summed E-state index contributed by atoms with van der Waals surface area (Å²) in [4.78, 5) is 16.9. The largest absolute Gasteiger partial charge is 0.487 e. The molecule has 0 spiro atoms. The summed E-state index contributed by atoms with van der Waals surface area (Å²) in [6.45, 7) is 4.24. The molecule has 2 heterocycles. The third-order valence-corrected chi connectivity index (χ3v) is 5.15. The van der Waals surface area contributed by atoms with E-state index in [-0.39, 0.29) is 5.91 Å². The molecule has 2 aromatic heterocycles. The Kier molecular flexibility index (Phi) is 5.39. The molecule has 0 bridgehead atoms. The third-order valence-electron chi connectivity index (χ3n) is 4.52. The van der Waals surface area contributed by atoms with Crippen molar-refractivity contribution in [1.29, 1.82) is 0 Å². The van der Waals surface area contributed by atoms with Gasteiger partial charge in [-0.2, -0.15) is 5.10 Å². The van der Waals surface area contributed by atoms with Gasteiger partial charge in [0.2, 0.25) is 0 Å². The molecule has 4 rings (SSSR count). The van der Waals surface area contributed by atoms with Gasteiger partial charge in [0.15, 0.2) is 0 Å². The van der Waals surface area contributed by atoms with Crippen LogP contribution < -0.4 is 10.1 Å². The molecule has 146 valence electrons. The van der Waals surface area contributed by atoms with Crippen LogP contribution >= 0.6 is 11.3 Å². The minimum atomic E-state index is -0.185. The number of benzene rings is 2. The van der Waals surface area contributed by atoms with Crippen molar-refractivity contribution in [3.05, 3.63) is 88.1 Å². The van der Waals surface area contributed by atoms with Gasteiger partial charge in [0.1, 0.15) is 12.4 Å². The summed E-state index contributed by atoms with van der Waals surface area (Å²) in [7, 11) is 0. The van der Waals surface area contributed by atoms with Crippen LogP contribution in [0.4, 0.5) is 5.69 Å². The zero-order valence-electron chi connectivity index (χ0n) is 16.1. The van der Waals surface area contributed by atoms with Crippen LogP contribution in [0.3, 0.4) is 0 Å². The molecule has 4 aromatic rings. The number of hydrogen-bond donors (Lipinski definition) is 1. The Morgan fingerprint density at radius 2 is 1.86 bits per heavy atom. The first-order valence-corrected chi connectivity index (χ1v) is 10.1. The monoisotopic (exact) mass is 404 g/mol. The van der Waals surface area contributed by atoms with E-state index in [4.69, 9.17) is 4.74 Å². The van der Waals surface area contributed by atoms with Crippen LogP contribution in [0.1, 0.15) is 27.4 Å². The van der Waals surface area contributed by atoms with E-state index in [1.54, 1.807) is 29.8 Å². The maximum absolute atomic E-state index is 12.7. The highest BCUT2D eigenvalue weighted by atomic mass is 32.1. The zero-order valence-corrected chi connectivity index (χ0v) is 16.9. The minimum Gasteiger partial charge on any atom is -0.487 e. The number of carbonyl (C=O) groups excluding carboxylic acids is 1. The van der Waals surface area contributed by atoms with Gasteiger partial charge in [-0.05, 0) is 50.2 Å². The number of hydrogen-bond acceptors (Lipinski definition) is 5. The van der Waals surface area contributed by atoms with Crippen molar-refractivity contribution in [2.45, 2.75) is 20.5 Å². The van der Waals surface area contributed by atoms with Crippen molar-refractivity contribution in [1.82, 2.24) is 14.8 Å². The Hall–Kier alpha value is -3.45. The average molecular weight is 404 g/mol. The summed E-state index contributed by atoms with van der Waals surface area (Å²) >= 11 is 1.53. The van der Waals surface area contributed by atoms with E-state index in [1.807, 2.05) is 54.2 Å². The molecule has 0 aliphatic carbocycles. The molecule has 0 aliphatic heterocycles. The fourth-order valence-electron chi connectivity index (χ4n) is 3.00. The smallest absolute Gasteiger partial charge is 0.255 e. The summed E-state index contributed by atoms with van der Waals surface area (Å²) in [5, 5.41) is 9.50. The number of aromatic nitrogens is 3. The van der Waals surface area contributed by atoms with Crippen LogP contribution in [0, 0.1) is 13.8 Å². The number of nitrogens with one attached hydrogen (secondary N) is 1. The van der Waals surface area contributed by atoms with Crippen molar-refractivity contribution in [2.75, 3.05) is 5.32 Å². The lowest BCUT2D eigenvalue weighted by atomic mass is 10.2. The van der Waals surface area contributed by atoms with Crippen LogP contribution in [-0.4, -0.2) is 20.7 Å². The molecule has 0 saturated heterocycles. The topological polar surface area (TPSA) is 69.0 Å². The molecule has 0 saturated carbocycles. The maximum Gasteiger partial charge on any atom is 0.255 e. The van der Waals surface area contributed by atoms with Gasteiger partial charge in [0.05, 0.1) is 34.0 Å². The van der Waals surface area contributed by atoms with Gasteiger partial charge in [-0.15, -0.1) is 11.3 Å². The number of ether oxygens (including phenoxy) is 1. The Morgan fingerprint density at radius 3 is 2.55 bits per heavy atom. The van der Waals surface area contributed by atoms with Crippen molar-refractivity contribution >= 4 is 22.9 Å². The fraction of sp³-hybridized carbons (Fsp3) is 0.136. The van der Waals surface area contributed by atoms with Gasteiger partial charge in [-0.1, -0.05) is 18.2 Å². The van der Waals surface area contributed by atoms with Gasteiger partial charge in [-0.3, -0.25) is 4.79 Å². The highest BCUT2D eigenvalue weighted by molar-refractivity contribution is 7.07. The highest BCUT2D eigenvalue weighted by Gasteiger charge is 2.16. The fourth-order valence-corrected chi connectivity index (χ4v) is 3.54. The lowest BCUT2D eigenvalue weighted by Gasteiger charge is -2.08. The second-order valence-corrected chi connectivity index (χ2v) is 7.26. The number of para-hydroxylation sites is 1. The van der Waals surface area contributed by atoms with Gasteiger partial charge in [0.25, 0.3) is 5.91 Å². The van der Waals surface area contributed by atoms with Crippen molar-refractivity contribution in [3.63, 3.8) is 0 Å². The van der Waals surface area contributed by atoms with Crippen LogP contribution in [0.15, 0.2) is 65.5 Å². The molecular weight excluding hydrogens is 384 g/mol. The van der Waals surface area contributed by atoms with Crippen LogP contribution in [-0.2, 0) is 6.61 Å². The number of nitrogens with zero attached hydrogens (tertiary/aromatic N) is 3. The molecule has 7 heteroatoms. The first-order chi connectivity index (χ1) is 14.1. The molecule has 0 radical (unpaired) electrons. The molecule has 6 nitrogen and oxygen atoms in total. The first kappa shape index (κ1) is 18.9. The van der Waals surface area contributed by atoms with Crippen LogP contribution in [0.5, 0.6) is 5.75 Å². The molecule has 29 heavy (non-hydrogen) atoms. The zero-order chi connectivity index (χ0) is 20.2. The van der Waals surface area contributed by atoms with Crippen molar-refractivity contribution in [2.24, 2.45) is 0 Å². The summed E-state index contributed by atoms with van der Waals surface area (Å²) in [6, 6.07) is 16.9. The van der Waals surface area contributed by atoms with E-state index in [1.165, 1.54) is 11.3 Å². The van der Waals surface area contributed by atoms with E-state index in [9.17, 15) is 4.79 Å². The first-order valence-electron chi connectivity index (χ1n) is 9.15. The normalized spacial score (nSPS) is 10.7. The molecule has 1 N–H and O–H groups in total. The second-order valence-electron chi connectivity index (χ2n) is 6.54. The average Bonchev–Trinajstić information content (AvgIpc) is 3.37. The van der Waals surface area contributed by atoms with E-state index in [2.05, 4.69) is 15.4 Å². The van der Waals surface area contributed by atoms with Gasteiger partial charge >= 0.3 is 0 Å². The highest BCUT2D eigenvalue weighted by Crippen LogP contribution is 2.24. The Morgan fingerprint density at radius 1 is 1.10 bits per heavy atom. The number of thiazole rings is 1. The summed E-state index contributed by atoms with van der Waals surface area (Å²) in [5.74, 6) is 0.508. The molecule has 1 amide bonds. The molecule has 2 aromatic carbocycles. The third kappa shape index (κ3) is 4.20. The molecule has 0 aliphatic rings. The number of anilines is 1. The number of carbonyl (C=O) groups is 1. The number of rotatable bonds is 6. The van der Waals surface area contributed by atoms with Crippen molar-refractivity contribution in [3.8, 4) is 11.4 Å². The predicted molar refractivity (Wildman–Crippen MR) is 114 cm³/mol. The molecule has 0 unspecified atom stereocenters. The quantitative estimate of drug-likeness (QED) is 0.502. The number of aryl methyl sites for hydroxylation is 1. The molecular formula is C22H20N4O2S. The van der Waals surface area contributed by atoms with Crippen LogP contribution in [0.2, 0.25) is 0 Å². The molecule has 0 fully saturated rings. The van der Waals surface area contributed by atoms with Crippen LogP contribution in [0.25, 0.3) is 5.69 Å². The lowest BCUT2D eigenvalue weighted by Crippen LogP contribution is -2.13.